The Kier molecular flexibility index (Phi) is 2.07. The van der Waals surface area contributed by atoms with Gasteiger partial charge in [-0.3, -0.25) is 4.79 Å². The topological polar surface area (TPSA) is 54.9 Å². The van der Waals surface area contributed by atoms with E-state index in [1.807, 2.05) is 6.92 Å². The number of nitrogens with zero attached hydrogens (tertiary/aromatic N) is 5. The van der Waals surface area contributed by atoms with Crippen LogP contribution in [0.25, 0.3) is 0 Å². The molecule has 0 unspecified atom stereocenters. The first kappa shape index (κ1) is 8.63. The predicted octanol–water partition coefficient (Wildman–Crippen LogP) is -1.47. The van der Waals surface area contributed by atoms with Gasteiger partial charge in [0.1, 0.15) is 5.21 Å². The summed E-state index contributed by atoms with van der Waals surface area (Å²) in [6.45, 7) is 3.31. The summed E-state index contributed by atoms with van der Waals surface area (Å²) in [5, 5.41) is 8.92. The van der Waals surface area contributed by atoms with E-state index in [0.29, 0.717) is 0 Å². The summed E-state index contributed by atoms with van der Waals surface area (Å²) >= 11 is 0. The van der Waals surface area contributed by atoms with Gasteiger partial charge in [-0.2, -0.15) is 5.01 Å². The Morgan fingerprint density at radius 1 is 1.67 bits per heavy atom. The van der Waals surface area contributed by atoms with Gasteiger partial charge in [0.25, 0.3) is 11.7 Å². The highest BCUT2D eigenvalue weighted by Crippen LogP contribution is 1.87. The van der Waals surface area contributed by atoms with Gasteiger partial charge in [0.2, 0.25) is 0 Å². The molecule has 66 valence electrons. The summed E-state index contributed by atoms with van der Waals surface area (Å²) in [6.07, 6.45) is 0. The second-order valence-corrected chi connectivity index (χ2v) is 2.58. The normalized spacial score (nSPS) is 10.0. The van der Waals surface area contributed by atoms with Gasteiger partial charge in [0, 0.05) is 25.7 Å². The van der Waals surface area contributed by atoms with Crippen LogP contribution in [-0.2, 0) is 11.8 Å². The zero-order valence-corrected chi connectivity index (χ0v) is 7.64. The van der Waals surface area contributed by atoms with Crippen LogP contribution in [0.15, 0.2) is 0 Å². The van der Waals surface area contributed by atoms with E-state index in [0.717, 1.165) is 5.82 Å². The van der Waals surface area contributed by atoms with Crippen molar-refractivity contribution in [1.29, 1.82) is 0 Å². The van der Waals surface area contributed by atoms with E-state index >= 15 is 0 Å². The molecule has 0 radical (unpaired) electrons. The number of carbonyl (C=O) groups excluding carboxylic acids is 1. The quantitative estimate of drug-likeness (QED) is 0.483. The summed E-state index contributed by atoms with van der Waals surface area (Å²) < 4.78 is 1.60. The summed E-state index contributed by atoms with van der Waals surface area (Å²) in [6, 6.07) is 0. The van der Waals surface area contributed by atoms with E-state index in [-0.39, 0.29) is 5.91 Å². The van der Waals surface area contributed by atoms with Crippen molar-refractivity contribution in [3.8, 4) is 0 Å². The van der Waals surface area contributed by atoms with E-state index in [1.165, 1.54) is 16.7 Å². The molecule has 0 atom stereocenters. The van der Waals surface area contributed by atoms with E-state index in [9.17, 15) is 4.79 Å². The standard InChI is InChI=1S/C6H12N5O/c1-5-9(3)7-8-11(5)10(4)6(2)12/h1-4H3/q+1. The predicted molar refractivity (Wildman–Crippen MR) is 40.8 cm³/mol. The lowest BCUT2D eigenvalue weighted by Crippen LogP contribution is -2.40. The highest BCUT2D eigenvalue weighted by molar-refractivity contribution is 5.82. The highest BCUT2D eigenvalue weighted by Gasteiger charge is 2.19. The third-order valence-corrected chi connectivity index (χ3v) is 1.76. The van der Waals surface area contributed by atoms with Crippen molar-refractivity contribution in [3.63, 3.8) is 0 Å². The van der Waals surface area contributed by atoms with Crippen molar-refractivity contribution >= 4 is 5.91 Å². The fourth-order valence-electron chi connectivity index (χ4n) is 0.767. The van der Waals surface area contributed by atoms with Gasteiger partial charge in [-0.25, -0.2) is 0 Å². The third kappa shape index (κ3) is 1.27. The van der Waals surface area contributed by atoms with E-state index in [4.69, 9.17) is 0 Å². The molecule has 1 amide bonds. The fraction of sp³-hybridized carbons (Fsp3) is 0.667. The fourth-order valence-corrected chi connectivity index (χ4v) is 0.767. The van der Waals surface area contributed by atoms with Crippen molar-refractivity contribution in [1.82, 2.24) is 15.2 Å². The number of carbonyl (C=O) groups is 1. The number of aryl methyl sites for hydroxylation is 1. The molecule has 6 heteroatoms. The Labute approximate surface area is 70.3 Å². The largest absolute Gasteiger partial charge is 0.281 e. The summed E-state index contributed by atoms with van der Waals surface area (Å²) in [5.41, 5.74) is 0. The molecule has 0 spiro atoms. The first-order chi connectivity index (χ1) is 5.54. The van der Waals surface area contributed by atoms with Crippen LogP contribution in [0.3, 0.4) is 0 Å². The van der Waals surface area contributed by atoms with Crippen LogP contribution >= 0.6 is 0 Å². The van der Waals surface area contributed by atoms with Crippen molar-refractivity contribution in [2.24, 2.45) is 7.05 Å². The monoisotopic (exact) mass is 170 g/mol. The molecule has 1 heterocycles. The van der Waals surface area contributed by atoms with E-state index in [1.54, 1.807) is 18.8 Å². The number of hydrogen-bond acceptors (Lipinski definition) is 3. The van der Waals surface area contributed by atoms with Gasteiger partial charge in [-0.1, -0.05) is 0 Å². The van der Waals surface area contributed by atoms with Crippen LogP contribution in [0.2, 0.25) is 0 Å². The number of aromatic nitrogens is 4. The maximum absolute atomic E-state index is 10.9. The van der Waals surface area contributed by atoms with Crippen LogP contribution in [-0.4, -0.2) is 28.2 Å². The molecule has 0 aromatic carbocycles. The SMILES string of the molecule is CC(=O)N(C)n1nn[n+](C)c1C. The summed E-state index contributed by atoms with van der Waals surface area (Å²) in [5.74, 6) is 0.719. The molecular formula is C6H12N5O+. The van der Waals surface area contributed by atoms with E-state index < -0.39 is 0 Å². The lowest BCUT2D eigenvalue weighted by molar-refractivity contribution is -0.737. The number of hydrogen-bond donors (Lipinski definition) is 0. The molecule has 0 aliphatic rings. The Bertz CT molecular complexity index is 305. The zero-order valence-electron chi connectivity index (χ0n) is 7.64. The van der Waals surface area contributed by atoms with Crippen molar-refractivity contribution in [3.05, 3.63) is 5.82 Å². The minimum Gasteiger partial charge on any atom is -0.272 e. The molecule has 6 nitrogen and oxygen atoms in total. The molecule has 1 aromatic heterocycles. The van der Waals surface area contributed by atoms with Crippen molar-refractivity contribution in [2.75, 3.05) is 12.1 Å². The minimum absolute atomic E-state index is 0.0800. The molecule has 1 aromatic rings. The summed E-state index contributed by atoms with van der Waals surface area (Å²) in [4.78, 5) is 12.4. The average molecular weight is 170 g/mol. The summed E-state index contributed by atoms with van der Waals surface area (Å²) in [7, 11) is 3.41. The molecule has 0 saturated carbocycles. The number of rotatable bonds is 1. The maximum atomic E-state index is 10.9. The maximum Gasteiger partial charge on any atom is 0.281 e. The Morgan fingerprint density at radius 2 is 2.25 bits per heavy atom. The van der Waals surface area contributed by atoms with Crippen LogP contribution in [0.5, 0.6) is 0 Å². The van der Waals surface area contributed by atoms with Gasteiger partial charge < -0.3 is 0 Å². The second kappa shape index (κ2) is 2.88. The van der Waals surface area contributed by atoms with Gasteiger partial charge in [0.15, 0.2) is 5.21 Å². The highest BCUT2D eigenvalue weighted by atomic mass is 16.2. The molecule has 1 rings (SSSR count). The lowest BCUT2D eigenvalue weighted by atomic mass is 10.6. The first-order valence-corrected chi connectivity index (χ1v) is 3.57. The van der Waals surface area contributed by atoms with Crippen LogP contribution < -0.4 is 9.69 Å². The van der Waals surface area contributed by atoms with E-state index in [2.05, 4.69) is 10.4 Å². The Balaban J connectivity index is 3.03. The van der Waals surface area contributed by atoms with Crippen molar-refractivity contribution < 1.29 is 9.48 Å². The van der Waals surface area contributed by atoms with Crippen molar-refractivity contribution in [2.45, 2.75) is 13.8 Å². The Hall–Kier alpha value is -1.46. The van der Waals surface area contributed by atoms with Gasteiger partial charge in [-0.05, 0) is 0 Å². The Morgan fingerprint density at radius 3 is 2.58 bits per heavy atom. The molecule has 12 heavy (non-hydrogen) atoms. The smallest absolute Gasteiger partial charge is 0.272 e. The molecular weight excluding hydrogens is 158 g/mol. The molecule has 0 saturated heterocycles. The minimum atomic E-state index is -0.0800. The third-order valence-electron chi connectivity index (χ3n) is 1.76. The number of tetrazole rings is 1. The molecule has 0 aliphatic heterocycles. The van der Waals surface area contributed by atoms with Crippen LogP contribution in [0, 0.1) is 6.92 Å². The first-order valence-electron chi connectivity index (χ1n) is 3.57. The number of amides is 1. The van der Waals surface area contributed by atoms with Crippen LogP contribution in [0.4, 0.5) is 0 Å². The lowest BCUT2D eigenvalue weighted by Gasteiger charge is -2.06. The van der Waals surface area contributed by atoms with Crippen LogP contribution in [0.1, 0.15) is 12.7 Å². The average Bonchev–Trinajstić information content (AvgIpc) is 2.32. The molecule has 0 N–H and O–H groups in total. The molecule has 0 fully saturated rings. The second-order valence-electron chi connectivity index (χ2n) is 2.58. The van der Waals surface area contributed by atoms with Gasteiger partial charge in [0.05, 0.1) is 7.05 Å². The van der Waals surface area contributed by atoms with Gasteiger partial charge in [-0.15, -0.1) is 4.68 Å². The molecule has 0 aliphatic carbocycles. The zero-order chi connectivity index (χ0) is 9.30. The van der Waals surface area contributed by atoms with Gasteiger partial charge >= 0.3 is 0 Å². The molecule has 0 bridgehead atoms.